The van der Waals surface area contributed by atoms with Crippen molar-refractivity contribution in [3.05, 3.63) is 21.7 Å². The van der Waals surface area contributed by atoms with E-state index in [4.69, 9.17) is 4.42 Å². The predicted octanol–water partition coefficient (Wildman–Crippen LogP) is 3.24. The number of hydrogen-bond acceptors (Lipinski definition) is 3. The Labute approximate surface area is 123 Å². The Morgan fingerprint density at radius 2 is 2.33 bits per heavy atom. The third-order valence-corrected chi connectivity index (χ3v) is 4.25. The first-order chi connectivity index (χ1) is 8.75. The zero-order chi connectivity index (χ0) is 12.8. The van der Waals surface area contributed by atoms with Crippen molar-refractivity contribution in [3.8, 4) is 0 Å². The molecule has 1 atom stereocenters. The van der Waals surface area contributed by atoms with Crippen LogP contribution in [0, 0.1) is 3.77 Å². The summed E-state index contributed by atoms with van der Waals surface area (Å²) in [7, 11) is 0. The van der Waals surface area contributed by atoms with Gasteiger partial charge >= 0.3 is 0 Å². The van der Waals surface area contributed by atoms with Gasteiger partial charge in [-0.25, -0.2) is 0 Å². The minimum Gasteiger partial charge on any atom is -0.454 e. The summed E-state index contributed by atoms with van der Waals surface area (Å²) < 4.78 is 6.48. The number of likely N-dealkylation sites (tertiary alicyclic amines) is 1. The van der Waals surface area contributed by atoms with Crippen LogP contribution in [0.2, 0.25) is 0 Å². The van der Waals surface area contributed by atoms with Gasteiger partial charge in [0.05, 0.1) is 6.54 Å². The quantitative estimate of drug-likeness (QED) is 0.622. The second-order valence-corrected chi connectivity index (χ2v) is 6.18. The highest BCUT2D eigenvalue weighted by Gasteiger charge is 2.16. The van der Waals surface area contributed by atoms with Gasteiger partial charge in [-0.05, 0) is 80.5 Å². The van der Waals surface area contributed by atoms with Crippen molar-refractivity contribution in [2.75, 3.05) is 19.6 Å². The molecule has 1 aromatic rings. The van der Waals surface area contributed by atoms with Gasteiger partial charge in [0, 0.05) is 6.04 Å². The lowest BCUT2D eigenvalue weighted by atomic mass is 10.0. The second-order valence-electron chi connectivity index (χ2n) is 5.12. The van der Waals surface area contributed by atoms with Gasteiger partial charge in [-0.1, -0.05) is 6.42 Å². The first kappa shape index (κ1) is 14.3. The fourth-order valence-electron chi connectivity index (χ4n) is 2.56. The maximum Gasteiger partial charge on any atom is 0.164 e. The van der Waals surface area contributed by atoms with Crippen molar-refractivity contribution in [1.29, 1.82) is 0 Å². The van der Waals surface area contributed by atoms with Crippen LogP contribution in [0.15, 0.2) is 16.5 Å². The highest BCUT2D eigenvalue weighted by Crippen LogP contribution is 2.16. The molecule has 2 rings (SSSR count). The summed E-state index contributed by atoms with van der Waals surface area (Å²) in [5.41, 5.74) is 0. The molecule has 1 aromatic heterocycles. The van der Waals surface area contributed by atoms with E-state index in [2.05, 4.69) is 39.7 Å². The summed E-state index contributed by atoms with van der Waals surface area (Å²) in [4.78, 5) is 2.63. The molecule has 4 heteroatoms. The molecule has 1 aliphatic rings. The van der Waals surface area contributed by atoms with E-state index >= 15 is 0 Å². The van der Waals surface area contributed by atoms with Gasteiger partial charge in [0.1, 0.15) is 5.76 Å². The fraction of sp³-hybridized carbons (Fsp3) is 0.714. The molecule has 2 heterocycles. The molecule has 1 fully saturated rings. The lowest BCUT2D eigenvalue weighted by Crippen LogP contribution is -2.38. The average molecular weight is 362 g/mol. The van der Waals surface area contributed by atoms with E-state index in [-0.39, 0.29) is 0 Å². The molecular formula is C14H23IN2O. The molecule has 0 aromatic carbocycles. The van der Waals surface area contributed by atoms with Crippen LogP contribution in [0.1, 0.15) is 38.4 Å². The Balaban J connectivity index is 1.55. The molecule has 0 aliphatic carbocycles. The summed E-state index contributed by atoms with van der Waals surface area (Å²) in [6.07, 6.45) is 5.38. The monoisotopic (exact) mass is 362 g/mol. The molecule has 0 saturated carbocycles. The minimum absolute atomic E-state index is 0.783. The first-order valence-electron chi connectivity index (χ1n) is 6.94. The standard InChI is InChI=1S/C14H23IN2O/c1-12-5-2-3-9-17(12)10-4-8-16-11-13-6-7-14(15)18-13/h6-7,12,16H,2-5,8-11H2,1H3. The molecule has 0 spiro atoms. The SMILES string of the molecule is CC1CCCCN1CCCNCc1ccc(I)o1. The molecule has 0 amide bonds. The Morgan fingerprint density at radius 3 is 3.06 bits per heavy atom. The van der Waals surface area contributed by atoms with Crippen molar-refractivity contribution >= 4 is 22.6 Å². The van der Waals surface area contributed by atoms with Gasteiger partial charge in [-0.15, -0.1) is 0 Å². The van der Waals surface area contributed by atoms with Crippen LogP contribution >= 0.6 is 22.6 Å². The van der Waals surface area contributed by atoms with Crippen LogP contribution in [-0.4, -0.2) is 30.6 Å². The Morgan fingerprint density at radius 1 is 1.44 bits per heavy atom. The van der Waals surface area contributed by atoms with E-state index in [0.717, 1.165) is 28.7 Å². The number of nitrogens with zero attached hydrogens (tertiary/aromatic N) is 1. The molecule has 1 unspecified atom stereocenters. The molecule has 3 nitrogen and oxygen atoms in total. The van der Waals surface area contributed by atoms with Crippen LogP contribution in [0.25, 0.3) is 0 Å². The summed E-state index contributed by atoms with van der Waals surface area (Å²) in [6.45, 7) is 6.79. The maximum absolute atomic E-state index is 5.51. The van der Waals surface area contributed by atoms with Gasteiger partial charge in [0.15, 0.2) is 3.77 Å². The predicted molar refractivity (Wildman–Crippen MR) is 82.6 cm³/mol. The fourth-order valence-corrected chi connectivity index (χ4v) is 3.02. The number of nitrogens with one attached hydrogen (secondary N) is 1. The number of hydrogen-bond donors (Lipinski definition) is 1. The summed E-state index contributed by atoms with van der Waals surface area (Å²) in [5, 5.41) is 3.45. The normalized spacial score (nSPS) is 21.3. The molecule has 18 heavy (non-hydrogen) atoms. The summed E-state index contributed by atoms with van der Waals surface area (Å²) >= 11 is 2.20. The highest BCUT2D eigenvalue weighted by molar-refractivity contribution is 14.1. The number of halogens is 1. The first-order valence-corrected chi connectivity index (χ1v) is 8.02. The third kappa shape index (κ3) is 4.55. The number of rotatable bonds is 6. The van der Waals surface area contributed by atoms with Crippen molar-refractivity contribution < 1.29 is 4.42 Å². The summed E-state index contributed by atoms with van der Waals surface area (Å²) in [6, 6.07) is 4.83. The Bertz CT molecular complexity index is 353. The van der Waals surface area contributed by atoms with Crippen LogP contribution in [0.3, 0.4) is 0 Å². The largest absolute Gasteiger partial charge is 0.454 e. The minimum atomic E-state index is 0.783. The molecule has 102 valence electrons. The second kappa shape index (κ2) is 7.50. The van der Waals surface area contributed by atoms with E-state index in [1.807, 2.05) is 12.1 Å². The zero-order valence-electron chi connectivity index (χ0n) is 11.1. The Hall–Kier alpha value is -0.0700. The van der Waals surface area contributed by atoms with Crippen molar-refractivity contribution in [3.63, 3.8) is 0 Å². The lowest BCUT2D eigenvalue weighted by molar-refractivity contribution is 0.159. The topological polar surface area (TPSA) is 28.4 Å². The molecule has 1 saturated heterocycles. The number of furan rings is 1. The van der Waals surface area contributed by atoms with E-state index in [1.165, 1.54) is 38.8 Å². The van der Waals surface area contributed by atoms with E-state index in [1.54, 1.807) is 0 Å². The van der Waals surface area contributed by atoms with Gasteiger partial charge in [0.25, 0.3) is 0 Å². The zero-order valence-corrected chi connectivity index (χ0v) is 13.3. The van der Waals surface area contributed by atoms with Crippen LogP contribution in [-0.2, 0) is 6.54 Å². The summed E-state index contributed by atoms with van der Waals surface area (Å²) in [5.74, 6) is 1.03. The van der Waals surface area contributed by atoms with Crippen molar-refractivity contribution in [1.82, 2.24) is 10.2 Å². The maximum atomic E-state index is 5.51. The van der Waals surface area contributed by atoms with Crippen LogP contribution < -0.4 is 5.32 Å². The smallest absolute Gasteiger partial charge is 0.164 e. The molecule has 0 bridgehead atoms. The Kier molecular flexibility index (Phi) is 5.98. The van der Waals surface area contributed by atoms with E-state index in [0.29, 0.717) is 0 Å². The van der Waals surface area contributed by atoms with Crippen molar-refractivity contribution in [2.24, 2.45) is 0 Å². The lowest BCUT2D eigenvalue weighted by Gasteiger charge is -2.33. The van der Waals surface area contributed by atoms with Crippen LogP contribution in [0.4, 0.5) is 0 Å². The number of piperidine rings is 1. The molecule has 1 aliphatic heterocycles. The van der Waals surface area contributed by atoms with Gasteiger partial charge in [-0.3, -0.25) is 0 Å². The molecule has 0 radical (unpaired) electrons. The average Bonchev–Trinajstić information content (AvgIpc) is 2.77. The van der Waals surface area contributed by atoms with Gasteiger partial charge in [0.2, 0.25) is 0 Å². The van der Waals surface area contributed by atoms with Gasteiger partial charge < -0.3 is 14.6 Å². The third-order valence-electron chi connectivity index (χ3n) is 3.67. The molecular weight excluding hydrogens is 339 g/mol. The van der Waals surface area contributed by atoms with Crippen molar-refractivity contribution in [2.45, 2.75) is 45.2 Å². The van der Waals surface area contributed by atoms with E-state index < -0.39 is 0 Å². The van der Waals surface area contributed by atoms with Gasteiger partial charge in [-0.2, -0.15) is 0 Å². The van der Waals surface area contributed by atoms with Crippen LogP contribution in [0.5, 0.6) is 0 Å². The van der Waals surface area contributed by atoms with E-state index in [9.17, 15) is 0 Å². The molecule has 1 N–H and O–H groups in total. The highest BCUT2D eigenvalue weighted by atomic mass is 127.